The molecule has 0 N–H and O–H groups in total. The maximum atomic E-state index is 14.3. The molecule has 0 saturated heterocycles. The third kappa shape index (κ3) is 7.30. The Hall–Kier alpha value is -4.32. The maximum Gasteiger partial charge on any atom is 0.435 e. The van der Waals surface area contributed by atoms with E-state index < -0.39 is 53.4 Å². The molecule has 6 nitrogen and oxygen atoms in total. The molecule has 0 radical (unpaired) electrons. The van der Waals surface area contributed by atoms with Gasteiger partial charge in [-0.2, -0.15) is 18.3 Å². The van der Waals surface area contributed by atoms with E-state index in [0.29, 0.717) is 22.9 Å². The quantitative estimate of drug-likeness (QED) is 0.144. The third-order valence-corrected chi connectivity index (χ3v) is 6.50. The summed E-state index contributed by atoms with van der Waals surface area (Å²) in [6, 6.07) is 10.1. The van der Waals surface area contributed by atoms with Crippen molar-refractivity contribution in [3.63, 3.8) is 0 Å². The number of Topliss-reactive ketones (excluding diaryl/α,β-unsaturated/α-hetero) is 2. The van der Waals surface area contributed by atoms with Crippen LogP contribution in [-0.2, 0) is 35.3 Å². The number of benzene rings is 2. The smallest absolute Gasteiger partial charge is 0.380 e. The number of halogens is 6. The number of aromatic nitrogens is 3. The van der Waals surface area contributed by atoms with Crippen LogP contribution in [0.4, 0.5) is 26.3 Å². The van der Waals surface area contributed by atoms with Gasteiger partial charge < -0.3 is 4.74 Å². The largest absolute Gasteiger partial charge is 0.435 e. The molecule has 0 aliphatic carbocycles. The Kier molecular flexibility index (Phi) is 9.25. The lowest BCUT2D eigenvalue weighted by molar-refractivity contribution is -0.142. The van der Waals surface area contributed by atoms with Crippen molar-refractivity contribution in [2.75, 3.05) is 7.11 Å². The summed E-state index contributed by atoms with van der Waals surface area (Å²) in [5.74, 6) is -4.23. The molecule has 0 saturated carbocycles. The number of rotatable bonds is 11. The first-order chi connectivity index (χ1) is 19.8. The van der Waals surface area contributed by atoms with Gasteiger partial charge in [0, 0.05) is 49.0 Å². The van der Waals surface area contributed by atoms with Crippen molar-refractivity contribution in [1.29, 1.82) is 0 Å². The van der Waals surface area contributed by atoms with Gasteiger partial charge in [-0.1, -0.05) is 12.1 Å². The first kappa shape index (κ1) is 30.6. The van der Waals surface area contributed by atoms with Crippen molar-refractivity contribution in [2.24, 2.45) is 0 Å². The first-order valence-corrected chi connectivity index (χ1v) is 12.7. The summed E-state index contributed by atoms with van der Waals surface area (Å²) in [6.45, 7) is 0.325. The van der Waals surface area contributed by atoms with Crippen LogP contribution >= 0.6 is 0 Å². The lowest BCUT2D eigenvalue weighted by Crippen LogP contribution is -2.18. The van der Waals surface area contributed by atoms with Crippen molar-refractivity contribution in [3.05, 3.63) is 106 Å². The Labute approximate surface area is 237 Å². The minimum absolute atomic E-state index is 0.0625. The number of pyridine rings is 1. The summed E-state index contributed by atoms with van der Waals surface area (Å²) in [5, 5.41) is 3.54. The fraction of sp³-hybridized carbons (Fsp3) is 0.267. The first-order valence-electron chi connectivity index (χ1n) is 12.7. The van der Waals surface area contributed by atoms with Crippen molar-refractivity contribution in [3.8, 4) is 11.1 Å². The second-order valence-corrected chi connectivity index (χ2v) is 9.74. The molecule has 0 spiro atoms. The average molecular weight is 590 g/mol. The predicted octanol–water partition coefficient (Wildman–Crippen LogP) is 6.72. The molecule has 0 unspecified atom stereocenters. The van der Waals surface area contributed by atoms with Crippen LogP contribution in [-0.4, -0.2) is 33.4 Å². The zero-order chi connectivity index (χ0) is 30.6. The Morgan fingerprint density at radius 2 is 1.74 bits per heavy atom. The number of ketones is 2. The lowest BCUT2D eigenvalue weighted by atomic mass is 9.86. The summed E-state index contributed by atoms with van der Waals surface area (Å²) in [4.78, 5) is 29.6. The Bertz CT molecular complexity index is 1600. The van der Waals surface area contributed by atoms with Crippen LogP contribution in [0, 0.1) is 17.5 Å². The monoisotopic (exact) mass is 589 g/mol. The van der Waals surface area contributed by atoms with Crippen LogP contribution in [0.5, 0.6) is 0 Å². The van der Waals surface area contributed by atoms with Gasteiger partial charge in [0.1, 0.15) is 17.5 Å². The van der Waals surface area contributed by atoms with Crippen LogP contribution in [0.1, 0.15) is 52.1 Å². The highest BCUT2D eigenvalue weighted by molar-refractivity contribution is 5.95. The molecule has 4 rings (SSSR count). The summed E-state index contributed by atoms with van der Waals surface area (Å²) in [6.07, 6.45) is -2.59. The number of carbonyl (C=O) groups is 2. The summed E-state index contributed by atoms with van der Waals surface area (Å²) in [5.41, 5.74) is -0.190. The van der Waals surface area contributed by atoms with Gasteiger partial charge >= 0.3 is 6.18 Å². The van der Waals surface area contributed by atoms with Gasteiger partial charge in [-0.15, -0.1) is 0 Å². The summed E-state index contributed by atoms with van der Waals surface area (Å²) < 4.78 is 88.3. The molecule has 2 aromatic heterocycles. The normalized spacial score (nSPS) is 12.4. The van der Waals surface area contributed by atoms with Crippen molar-refractivity contribution >= 4 is 11.6 Å². The van der Waals surface area contributed by atoms with Crippen molar-refractivity contribution in [1.82, 2.24) is 14.8 Å². The fourth-order valence-electron chi connectivity index (χ4n) is 4.79. The molecule has 12 heteroatoms. The molecule has 0 aliphatic rings. The van der Waals surface area contributed by atoms with E-state index in [1.807, 2.05) is 0 Å². The molecule has 0 fully saturated rings. The number of alkyl halides is 3. The minimum atomic E-state index is -4.76. The number of hydrogen-bond donors (Lipinski definition) is 0. The van der Waals surface area contributed by atoms with Gasteiger partial charge in [0.25, 0.3) is 0 Å². The average Bonchev–Trinajstić information content (AvgIpc) is 3.31. The molecule has 2 aromatic carbocycles. The number of ether oxygens (including phenoxy) is 1. The number of methoxy groups -OCH3 is 1. The van der Waals surface area contributed by atoms with E-state index in [1.54, 1.807) is 12.1 Å². The van der Waals surface area contributed by atoms with E-state index in [4.69, 9.17) is 4.74 Å². The van der Waals surface area contributed by atoms with E-state index in [1.165, 1.54) is 32.4 Å². The van der Waals surface area contributed by atoms with E-state index >= 15 is 0 Å². The van der Waals surface area contributed by atoms with Gasteiger partial charge in [-0.3, -0.25) is 19.3 Å². The van der Waals surface area contributed by atoms with E-state index in [2.05, 4.69) is 10.1 Å². The third-order valence-electron chi connectivity index (χ3n) is 6.50. The van der Waals surface area contributed by atoms with E-state index in [0.717, 1.165) is 29.1 Å². The molecular formula is C30H25F6N3O3. The Morgan fingerprint density at radius 3 is 2.38 bits per heavy atom. The standard InChI is InChI=1S/C30H25F6N3O3/c1-17(40)26-12-19(5-6-27(26)33)25-4-3-7-37-28(25)20(8-18-9-22(31)13-23(32)10-18)11-24(41)15-39-14-21(16-42-2)29(38-39)30(34,35)36/h3-7,9-10,12-14,20H,8,11,15-16H2,1-2H3/t20-/m1/s1. The summed E-state index contributed by atoms with van der Waals surface area (Å²) in [7, 11) is 1.23. The molecule has 42 heavy (non-hydrogen) atoms. The van der Waals surface area contributed by atoms with Crippen LogP contribution in [0.2, 0.25) is 0 Å². The highest BCUT2D eigenvalue weighted by Gasteiger charge is 2.37. The van der Waals surface area contributed by atoms with Gasteiger partial charge in [-0.05, 0) is 54.8 Å². The Balaban J connectivity index is 1.72. The van der Waals surface area contributed by atoms with Crippen LogP contribution in [0.15, 0.2) is 60.9 Å². The molecule has 220 valence electrons. The topological polar surface area (TPSA) is 74.1 Å². The molecule has 0 aliphatic heterocycles. The number of carbonyl (C=O) groups excluding carboxylic acids is 2. The zero-order valence-corrected chi connectivity index (χ0v) is 22.5. The van der Waals surface area contributed by atoms with E-state index in [-0.39, 0.29) is 36.1 Å². The lowest BCUT2D eigenvalue weighted by Gasteiger charge is -2.20. The SMILES string of the molecule is COCc1cn(CC(=O)C[C@@H](Cc2cc(F)cc(F)c2)c2ncccc2-c2ccc(F)c(C(C)=O)c2)nc1C(F)(F)F. The van der Waals surface area contributed by atoms with Crippen LogP contribution in [0.3, 0.4) is 0 Å². The van der Waals surface area contributed by atoms with Crippen LogP contribution < -0.4 is 0 Å². The Morgan fingerprint density at radius 1 is 1.02 bits per heavy atom. The number of nitrogens with zero attached hydrogens (tertiary/aromatic N) is 3. The minimum Gasteiger partial charge on any atom is -0.380 e. The van der Waals surface area contributed by atoms with Crippen molar-refractivity contribution in [2.45, 2.75) is 45.0 Å². The van der Waals surface area contributed by atoms with Gasteiger partial charge in [0.15, 0.2) is 17.3 Å². The second kappa shape index (κ2) is 12.7. The molecule has 0 amide bonds. The molecule has 1 atom stereocenters. The van der Waals surface area contributed by atoms with Gasteiger partial charge in [0.2, 0.25) is 0 Å². The second-order valence-electron chi connectivity index (χ2n) is 9.74. The molecule has 2 heterocycles. The zero-order valence-electron chi connectivity index (χ0n) is 22.5. The van der Waals surface area contributed by atoms with E-state index in [9.17, 15) is 35.9 Å². The van der Waals surface area contributed by atoms with Crippen LogP contribution in [0.25, 0.3) is 11.1 Å². The molecule has 4 aromatic rings. The molecular weight excluding hydrogens is 564 g/mol. The van der Waals surface area contributed by atoms with Gasteiger partial charge in [-0.25, -0.2) is 13.2 Å². The summed E-state index contributed by atoms with van der Waals surface area (Å²) >= 11 is 0. The number of hydrogen-bond acceptors (Lipinski definition) is 5. The predicted molar refractivity (Wildman–Crippen MR) is 140 cm³/mol. The van der Waals surface area contributed by atoms with Crippen molar-refractivity contribution < 1.29 is 40.7 Å². The highest BCUT2D eigenvalue weighted by atomic mass is 19.4. The van der Waals surface area contributed by atoms with Gasteiger partial charge in [0.05, 0.1) is 24.4 Å². The molecule has 0 bridgehead atoms. The highest BCUT2D eigenvalue weighted by Crippen LogP contribution is 2.34. The fourth-order valence-corrected chi connectivity index (χ4v) is 4.79. The maximum absolute atomic E-state index is 14.3.